The van der Waals surface area contributed by atoms with E-state index in [0.29, 0.717) is 12.3 Å². The van der Waals surface area contributed by atoms with Gasteiger partial charge in [0.2, 0.25) is 6.17 Å². The largest absolute Gasteiger partial charge is 0.363 e. The Morgan fingerprint density at radius 3 is 1.38 bits per heavy atom. The zero-order valence-electron chi connectivity index (χ0n) is 19.8. The third-order valence-electron chi connectivity index (χ3n) is 5.42. The number of rotatable bonds is 16. The van der Waals surface area contributed by atoms with Crippen molar-refractivity contribution in [3.8, 4) is 0 Å². The minimum Gasteiger partial charge on any atom is -0.363 e. The summed E-state index contributed by atoms with van der Waals surface area (Å²) in [5.74, 6) is 0. The van der Waals surface area contributed by atoms with E-state index in [1.807, 2.05) is 0 Å². The van der Waals surface area contributed by atoms with Gasteiger partial charge in [-0.15, -0.1) is 0 Å². The molecule has 0 aromatic heterocycles. The Morgan fingerprint density at radius 2 is 1.00 bits per heavy atom. The van der Waals surface area contributed by atoms with Crippen LogP contribution in [-0.4, -0.2) is 69.6 Å². The molecule has 0 spiro atoms. The molecule has 3 nitrogen and oxygen atoms in total. The summed E-state index contributed by atoms with van der Waals surface area (Å²) in [6, 6.07) is 0. The lowest BCUT2D eigenvalue weighted by molar-refractivity contribution is -1.09. The number of ether oxygens (including phenoxy) is 1. The number of nitrogens with zero attached hydrogens (tertiary/aromatic N) is 2. The van der Waals surface area contributed by atoms with Gasteiger partial charge in [0.05, 0.1) is 48.4 Å². The Bertz CT molecular complexity index is 316. The van der Waals surface area contributed by atoms with Crippen LogP contribution in [0.5, 0.6) is 0 Å². The van der Waals surface area contributed by atoms with Crippen LogP contribution in [-0.2, 0) is 4.74 Å². The van der Waals surface area contributed by atoms with Gasteiger partial charge in [0, 0.05) is 0 Å². The number of unbranched alkanes of at least 4 members (excludes halogenated alkanes) is 9. The van der Waals surface area contributed by atoms with Crippen molar-refractivity contribution in [1.82, 2.24) is 0 Å². The Balaban J connectivity index is 3.92. The summed E-state index contributed by atoms with van der Waals surface area (Å²) in [4.78, 5) is 0. The highest BCUT2D eigenvalue weighted by molar-refractivity contribution is 4.61. The molecule has 0 aliphatic carbocycles. The lowest BCUT2D eigenvalue weighted by atomic mass is 10.0. The van der Waals surface area contributed by atoms with E-state index in [9.17, 15) is 0 Å². The van der Waals surface area contributed by atoms with Crippen LogP contribution in [0, 0.1) is 0 Å². The molecule has 0 N–H and O–H groups in total. The van der Waals surface area contributed by atoms with Crippen molar-refractivity contribution in [3.63, 3.8) is 0 Å². The predicted molar refractivity (Wildman–Crippen MR) is 116 cm³/mol. The van der Waals surface area contributed by atoms with Gasteiger partial charge in [-0.25, -0.2) is 0 Å². The van der Waals surface area contributed by atoms with Crippen LogP contribution in [0.1, 0.15) is 91.4 Å². The van der Waals surface area contributed by atoms with Crippen molar-refractivity contribution in [2.24, 2.45) is 0 Å². The fourth-order valence-corrected chi connectivity index (χ4v) is 4.72. The maximum Gasteiger partial charge on any atom is 0.241 e. The summed E-state index contributed by atoms with van der Waals surface area (Å²) in [5, 5.41) is 0. The van der Waals surface area contributed by atoms with Crippen molar-refractivity contribution in [1.29, 1.82) is 0 Å². The van der Waals surface area contributed by atoms with Gasteiger partial charge in [0.25, 0.3) is 0 Å². The highest BCUT2D eigenvalue weighted by atomic mass is 16.5. The molecule has 0 aliphatic heterocycles. The molecule has 2 unspecified atom stereocenters. The monoisotopic (exact) mass is 372 g/mol. The zero-order chi connectivity index (χ0) is 20.2. The molecule has 0 amide bonds. The quantitative estimate of drug-likeness (QED) is 0.188. The van der Waals surface area contributed by atoms with Gasteiger partial charge < -0.3 is 4.74 Å². The topological polar surface area (TPSA) is 9.23 Å². The lowest BCUT2D eigenvalue weighted by Crippen LogP contribution is -2.66. The van der Waals surface area contributed by atoms with Crippen LogP contribution in [0.4, 0.5) is 0 Å². The van der Waals surface area contributed by atoms with Crippen LogP contribution in [0.15, 0.2) is 0 Å². The first-order valence-corrected chi connectivity index (χ1v) is 11.3. The van der Waals surface area contributed by atoms with Gasteiger partial charge in [0.1, 0.15) is 0 Å². The van der Waals surface area contributed by atoms with E-state index in [4.69, 9.17) is 4.74 Å². The number of hydrogen-bond donors (Lipinski definition) is 0. The molecule has 0 saturated heterocycles. The van der Waals surface area contributed by atoms with E-state index in [0.717, 1.165) is 8.97 Å². The van der Waals surface area contributed by atoms with E-state index in [1.165, 1.54) is 70.6 Å². The second-order valence-corrected chi connectivity index (χ2v) is 10.3. The molecule has 0 fully saturated rings. The molecule has 0 radical (unpaired) electrons. The van der Waals surface area contributed by atoms with E-state index in [2.05, 4.69) is 63.1 Å². The standard InChI is InChI=1S/C23H52N2O/c1-10-11-12-13-14-15-16-17-18-19-20-21(2)26-22(3)23(24(4,5)6)25(7,8)9/h21-23H,10-20H2,1-9H3/q+2. The highest BCUT2D eigenvalue weighted by Crippen LogP contribution is 2.21. The van der Waals surface area contributed by atoms with Crippen molar-refractivity contribution in [3.05, 3.63) is 0 Å². The Kier molecular flexibility index (Phi) is 13.1. The minimum absolute atomic E-state index is 0.258. The molecule has 0 rings (SSSR count). The lowest BCUT2D eigenvalue weighted by Gasteiger charge is -2.45. The maximum atomic E-state index is 6.42. The Hall–Kier alpha value is -0.120. The van der Waals surface area contributed by atoms with Crippen molar-refractivity contribution in [2.45, 2.75) is 110 Å². The molecule has 158 valence electrons. The van der Waals surface area contributed by atoms with Gasteiger partial charge in [0.15, 0.2) is 6.10 Å². The number of quaternary nitrogens is 2. The Labute approximate surface area is 166 Å². The van der Waals surface area contributed by atoms with Gasteiger partial charge in [-0.3, -0.25) is 8.97 Å². The summed E-state index contributed by atoms with van der Waals surface area (Å²) in [5.41, 5.74) is 0. The fourth-order valence-electron chi connectivity index (χ4n) is 4.72. The van der Waals surface area contributed by atoms with Gasteiger partial charge in [-0.05, 0) is 20.3 Å². The van der Waals surface area contributed by atoms with E-state index in [-0.39, 0.29) is 6.10 Å². The molecular weight excluding hydrogens is 320 g/mol. The molecule has 26 heavy (non-hydrogen) atoms. The zero-order valence-corrected chi connectivity index (χ0v) is 19.8. The first-order chi connectivity index (χ1) is 12.0. The normalized spacial score (nSPS) is 15.5. The van der Waals surface area contributed by atoms with E-state index in [1.54, 1.807) is 0 Å². The highest BCUT2D eigenvalue weighted by Gasteiger charge is 2.42. The second-order valence-electron chi connectivity index (χ2n) is 10.3. The van der Waals surface area contributed by atoms with Crippen LogP contribution in [0.2, 0.25) is 0 Å². The molecular formula is C23H52N2O+2. The van der Waals surface area contributed by atoms with Gasteiger partial charge in [-0.2, -0.15) is 0 Å². The summed E-state index contributed by atoms with van der Waals surface area (Å²) in [6.45, 7) is 6.80. The summed E-state index contributed by atoms with van der Waals surface area (Å²) >= 11 is 0. The van der Waals surface area contributed by atoms with Crippen LogP contribution in [0.25, 0.3) is 0 Å². The van der Waals surface area contributed by atoms with Crippen molar-refractivity contribution < 1.29 is 13.7 Å². The molecule has 0 aromatic rings. The molecule has 0 bridgehead atoms. The predicted octanol–water partition coefficient (Wildman–Crippen LogP) is 5.83. The maximum absolute atomic E-state index is 6.42. The summed E-state index contributed by atoms with van der Waals surface area (Å²) in [6.07, 6.45) is 16.3. The first-order valence-electron chi connectivity index (χ1n) is 11.3. The smallest absolute Gasteiger partial charge is 0.241 e. The van der Waals surface area contributed by atoms with E-state index >= 15 is 0 Å². The van der Waals surface area contributed by atoms with Crippen LogP contribution < -0.4 is 0 Å². The van der Waals surface area contributed by atoms with Gasteiger partial charge >= 0.3 is 0 Å². The molecule has 0 aromatic carbocycles. The molecule has 3 heteroatoms. The average molecular weight is 373 g/mol. The third kappa shape index (κ3) is 12.3. The SMILES string of the molecule is CCCCCCCCCCCCC(C)OC(C)C([N+](C)(C)C)[N+](C)(C)C. The summed E-state index contributed by atoms with van der Waals surface area (Å²) < 4.78 is 8.27. The average Bonchev–Trinajstić information content (AvgIpc) is 2.45. The van der Waals surface area contributed by atoms with Gasteiger partial charge in [-0.1, -0.05) is 71.1 Å². The molecule has 2 atom stereocenters. The van der Waals surface area contributed by atoms with Crippen molar-refractivity contribution in [2.75, 3.05) is 42.3 Å². The van der Waals surface area contributed by atoms with E-state index < -0.39 is 0 Å². The Morgan fingerprint density at radius 1 is 0.615 bits per heavy atom. The molecule has 0 heterocycles. The van der Waals surface area contributed by atoms with Crippen LogP contribution >= 0.6 is 0 Å². The summed E-state index contributed by atoms with van der Waals surface area (Å²) in [7, 11) is 13.7. The second kappa shape index (κ2) is 13.1. The third-order valence-corrected chi connectivity index (χ3v) is 5.42. The fraction of sp³-hybridized carbons (Fsp3) is 1.00. The van der Waals surface area contributed by atoms with Crippen molar-refractivity contribution >= 4 is 0 Å². The minimum atomic E-state index is 0.258. The first kappa shape index (κ1) is 25.9. The number of hydrogen-bond acceptors (Lipinski definition) is 1. The molecule has 0 aliphatic rings. The number of likely N-dealkylation sites (N-methyl/N-ethyl adjacent to an activating group) is 2. The molecule has 0 saturated carbocycles. The van der Waals surface area contributed by atoms with Crippen LogP contribution in [0.3, 0.4) is 0 Å².